The molecule has 1 aromatic heterocycles. The lowest BCUT2D eigenvalue weighted by Crippen LogP contribution is -2.11. The zero-order valence-corrected chi connectivity index (χ0v) is 10.2. The highest BCUT2D eigenvalue weighted by Crippen LogP contribution is 2.23. The number of nitrogens with one attached hydrogen (secondary N) is 1. The number of hydrogen-bond donors (Lipinski definition) is 1. The van der Waals surface area contributed by atoms with Crippen LogP contribution in [0.5, 0.6) is 5.88 Å². The van der Waals surface area contributed by atoms with E-state index in [1.54, 1.807) is 13.1 Å². The van der Waals surface area contributed by atoms with Crippen LogP contribution in [-0.2, 0) is 0 Å². The van der Waals surface area contributed by atoms with Crippen molar-refractivity contribution in [2.45, 2.75) is 20.0 Å². The number of halogens is 1. The number of aromatic nitrogens is 2. The molecule has 0 saturated carbocycles. The first kappa shape index (κ1) is 11.8. The molecule has 0 aliphatic carbocycles. The van der Waals surface area contributed by atoms with E-state index in [1.165, 1.54) is 0 Å². The van der Waals surface area contributed by atoms with Crippen LogP contribution >= 0.6 is 15.9 Å². The van der Waals surface area contributed by atoms with Crippen molar-refractivity contribution in [2.75, 3.05) is 11.9 Å². The second-order valence-corrected chi connectivity index (χ2v) is 3.66. The van der Waals surface area contributed by atoms with Crippen LogP contribution in [0.25, 0.3) is 0 Å². The molecule has 5 heteroatoms. The molecule has 1 aromatic rings. The van der Waals surface area contributed by atoms with E-state index in [0.29, 0.717) is 16.3 Å². The average Bonchev–Trinajstić information content (AvgIpc) is 2.23. The normalized spacial score (nSPS) is 11.6. The second kappa shape index (κ2) is 5.56. The summed E-state index contributed by atoms with van der Waals surface area (Å²) in [5, 5.41) is 2.99. The molecule has 80 valence electrons. The van der Waals surface area contributed by atoms with E-state index in [9.17, 15) is 0 Å². The summed E-state index contributed by atoms with van der Waals surface area (Å²) >= 11 is 3.29. The summed E-state index contributed by atoms with van der Waals surface area (Å²) < 4.78 is 6.09. The molecule has 0 aliphatic rings. The maximum absolute atomic E-state index is 5.41. The maximum atomic E-state index is 5.41. The Morgan fingerprint density at radius 3 is 3.07 bits per heavy atom. The van der Waals surface area contributed by atoms with E-state index in [4.69, 9.17) is 11.2 Å². The Bertz CT molecular complexity index is 375. The molecule has 1 N–H and O–H groups in total. The lowest BCUT2D eigenvalue weighted by atomic mass is 10.4. The third-order valence-electron chi connectivity index (χ3n) is 1.57. The van der Waals surface area contributed by atoms with Gasteiger partial charge in [0.25, 0.3) is 0 Å². The zero-order chi connectivity index (χ0) is 11.3. The van der Waals surface area contributed by atoms with Crippen LogP contribution in [0.2, 0.25) is 0 Å². The molecule has 0 bridgehead atoms. The third kappa shape index (κ3) is 3.40. The zero-order valence-electron chi connectivity index (χ0n) is 8.62. The predicted octanol–water partition coefficient (Wildman–Crippen LogP) is 2.07. The van der Waals surface area contributed by atoms with Gasteiger partial charge in [0, 0.05) is 6.54 Å². The van der Waals surface area contributed by atoms with Crippen molar-refractivity contribution in [3.63, 3.8) is 0 Å². The lowest BCUT2D eigenvalue weighted by Gasteiger charge is -2.10. The van der Waals surface area contributed by atoms with E-state index in [2.05, 4.69) is 37.1 Å². The van der Waals surface area contributed by atoms with Gasteiger partial charge in [0.15, 0.2) is 6.10 Å². The Balaban J connectivity index is 2.86. The van der Waals surface area contributed by atoms with Crippen LogP contribution in [0.4, 0.5) is 5.95 Å². The number of anilines is 1. The average molecular weight is 270 g/mol. The summed E-state index contributed by atoms with van der Waals surface area (Å²) in [5.41, 5.74) is 0. The van der Waals surface area contributed by atoms with Gasteiger partial charge in [0.05, 0.1) is 10.7 Å². The Labute approximate surface area is 97.6 Å². The summed E-state index contributed by atoms with van der Waals surface area (Å²) in [6.45, 7) is 4.50. The molecular formula is C10H12BrN3O. The first-order valence-electron chi connectivity index (χ1n) is 4.56. The van der Waals surface area contributed by atoms with Crippen LogP contribution in [0, 0.1) is 12.3 Å². The fraction of sp³-hybridized carbons (Fsp3) is 0.400. The summed E-state index contributed by atoms with van der Waals surface area (Å²) in [7, 11) is 0. The summed E-state index contributed by atoms with van der Waals surface area (Å²) in [6.07, 6.45) is 6.53. The summed E-state index contributed by atoms with van der Waals surface area (Å²) in [6, 6.07) is 0. The Kier molecular flexibility index (Phi) is 4.37. The summed E-state index contributed by atoms with van der Waals surface area (Å²) in [4.78, 5) is 8.22. The van der Waals surface area contributed by atoms with E-state index in [-0.39, 0.29) is 6.10 Å². The molecule has 1 rings (SSSR count). The molecular weight excluding hydrogens is 258 g/mol. The minimum absolute atomic E-state index is 0.314. The molecule has 0 fully saturated rings. The second-order valence-electron chi connectivity index (χ2n) is 2.80. The van der Waals surface area contributed by atoms with Crippen molar-refractivity contribution in [2.24, 2.45) is 0 Å². The molecule has 0 spiro atoms. The standard InChI is InChI=1S/C10H12BrN3O/c1-4-7(3)15-9-8(11)6-13-10(14-9)12-5-2/h1,6-7H,5H2,2-3H3,(H,12,13,14). The number of terminal acetylenes is 1. The number of rotatable bonds is 4. The fourth-order valence-electron chi connectivity index (χ4n) is 0.879. The van der Waals surface area contributed by atoms with Crippen LogP contribution < -0.4 is 10.1 Å². The van der Waals surface area contributed by atoms with Gasteiger partial charge < -0.3 is 10.1 Å². The molecule has 1 heterocycles. The fourth-order valence-corrected chi connectivity index (χ4v) is 1.16. The van der Waals surface area contributed by atoms with Gasteiger partial charge in [0.1, 0.15) is 0 Å². The van der Waals surface area contributed by atoms with Gasteiger partial charge in [-0.05, 0) is 29.8 Å². The van der Waals surface area contributed by atoms with E-state index in [1.807, 2.05) is 6.92 Å². The number of hydrogen-bond acceptors (Lipinski definition) is 4. The Morgan fingerprint density at radius 1 is 1.73 bits per heavy atom. The monoisotopic (exact) mass is 269 g/mol. The molecule has 1 atom stereocenters. The summed E-state index contributed by atoms with van der Waals surface area (Å²) in [5.74, 6) is 3.45. The number of nitrogens with zero attached hydrogens (tertiary/aromatic N) is 2. The molecule has 0 aromatic carbocycles. The highest BCUT2D eigenvalue weighted by Gasteiger charge is 2.08. The highest BCUT2D eigenvalue weighted by atomic mass is 79.9. The van der Waals surface area contributed by atoms with Gasteiger partial charge in [-0.15, -0.1) is 6.42 Å². The molecule has 1 unspecified atom stereocenters. The molecule has 0 amide bonds. The lowest BCUT2D eigenvalue weighted by molar-refractivity contribution is 0.266. The molecule has 0 saturated heterocycles. The largest absolute Gasteiger partial charge is 0.461 e. The van der Waals surface area contributed by atoms with E-state index < -0.39 is 0 Å². The minimum atomic E-state index is -0.314. The van der Waals surface area contributed by atoms with Gasteiger partial charge in [-0.2, -0.15) is 4.98 Å². The SMILES string of the molecule is C#CC(C)Oc1nc(NCC)ncc1Br. The molecule has 0 radical (unpaired) electrons. The van der Waals surface area contributed by atoms with Crippen molar-refractivity contribution < 1.29 is 4.74 Å². The van der Waals surface area contributed by atoms with Crippen LogP contribution in [0.1, 0.15) is 13.8 Å². The molecule has 15 heavy (non-hydrogen) atoms. The van der Waals surface area contributed by atoms with Crippen molar-refractivity contribution in [3.8, 4) is 18.2 Å². The Morgan fingerprint density at radius 2 is 2.47 bits per heavy atom. The smallest absolute Gasteiger partial charge is 0.234 e. The van der Waals surface area contributed by atoms with Gasteiger partial charge >= 0.3 is 0 Å². The maximum Gasteiger partial charge on any atom is 0.234 e. The van der Waals surface area contributed by atoms with Gasteiger partial charge in [0.2, 0.25) is 11.8 Å². The highest BCUT2D eigenvalue weighted by molar-refractivity contribution is 9.10. The van der Waals surface area contributed by atoms with Crippen LogP contribution in [0.15, 0.2) is 10.7 Å². The predicted molar refractivity (Wildman–Crippen MR) is 62.8 cm³/mol. The quantitative estimate of drug-likeness (QED) is 0.851. The third-order valence-corrected chi connectivity index (χ3v) is 2.11. The first-order chi connectivity index (χ1) is 7.17. The molecule has 0 aliphatic heterocycles. The van der Waals surface area contributed by atoms with Crippen LogP contribution in [-0.4, -0.2) is 22.6 Å². The van der Waals surface area contributed by atoms with Crippen LogP contribution in [0.3, 0.4) is 0 Å². The van der Waals surface area contributed by atoms with Crippen molar-refractivity contribution in [1.82, 2.24) is 9.97 Å². The van der Waals surface area contributed by atoms with Crippen molar-refractivity contribution in [3.05, 3.63) is 10.7 Å². The minimum Gasteiger partial charge on any atom is -0.461 e. The van der Waals surface area contributed by atoms with Crippen molar-refractivity contribution in [1.29, 1.82) is 0 Å². The van der Waals surface area contributed by atoms with Gasteiger partial charge in [-0.3, -0.25) is 0 Å². The van der Waals surface area contributed by atoms with Gasteiger partial charge in [-0.25, -0.2) is 4.98 Å². The Hall–Kier alpha value is -1.28. The van der Waals surface area contributed by atoms with Gasteiger partial charge in [-0.1, -0.05) is 5.92 Å². The number of ether oxygens (including phenoxy) is 1. The van der Waals surface area contributed by atoms with E-state index >= 15 is 0 Å². The van der Waals surface area contributed by atoms with Crippen molar-refractivity contribution >= 4 is 21.9 Å². The topological polar surface area (TPSA) is 47.0 Å². The molecule has 4 nitrogen and oxygen atoms in total. The first-order valence-corrected chi connectivity index (χ1v) is 5.35. The van der Waals surface area contributed by atoms with E-state index in [0.717, 1.165) is 6.54 Å².